The molecule has 0 bridgehead atoms. The number of aryl methyl sites for hydroxylation is 1. The van der Waals surface area contributed by atoms with Crippen molar-refractivity contribution in [3.8, 4) is 22.7 Å². The van der Waals surface area contributed by atoms with Gasteiger partial charge in [-0.1, -0.05) is 29.4 Å². The Morgan fingerprint density at radius 1 is 1.30 bits per heavy atom. The number of imidazole rings is 1. The van der Waals surface area contributed by atoms with Gasteiger partial charge in [-0.15, -0.1) is 0 Å². The van der Waals surface area contributed by atoms with Crippen molar-refractivity contribution in [3.63, 3.8) is 0 Å². The van der Waals surface area contributed by atoms with Crippen LogP contribution in [0.3, 0.4) is 0 Å². The van der Waals surface area contributed by atoms with Crippen LogP contribution in [0.25, 0.3) is 22.7 Å². The maximum Gasteiger partial charge on any atom is 0.358 e. The monoisotopic (exact) mass is 269 g/mol. The van der Waals surface area contributed by atoms with Gasteiger partial charge in [0.2, 0.25) is 0 Å². The quantitative estimate of drug-likeness (QED) is 0.789. The molecule has 20 heavy (non-hydrogen) atoms. The zero-order valence-electron chi connectivity index (χ0n) is 10.6. The molecular formula is C14H11N3O3. The molecule has 0 radical (unpaired) electrons. The zero-order chi connectivity index (χ0) is 14.1. The molecule has 0 atom stereocenters. The van der Waals surface area contributed by atoms with Crippen molar-refractivity contribution in [3.05, 3.63) is 48.4 Å². The molecule has 1 N–H and O–H groups in total. The SMILES string of the molecule is Cn1ccnc1-c1ccccc1-c1cc(C(=O)O)no1. The zero-order valence-corrected chi connectivity index (χ0v) is 10.6. The molecule has 2 heterocycles. The van der Waals surface area contributed by atoms with Gasteiger partial charge in [0, 0.05) is 36.6 Å². The minimum Gasteiger partial charge on any atom is -0.476 e. The number of hydrogen-bond acceptors (Lipinski definition) is 4. The molecule has 0 amide bonds. The van der Waals surface area contributed by atoms with Crippen LogP contribution in [0.4, 0.5) is 0 Å². The summed E-state index contributed by atoms with van der Waals surface area (Å²) >= 11 is 0. The predicted molar refractivity (Wildman–Crippen MR) is 71.1 cm³/mol. The molecular weight excluding hydrogens is 258 g/mol. The molecule has 2 aromatic heterocycles. The lowest BCUT2D eigenvalue weighted by Gasteiger charge is -2.06. The summed E-state index contributed by atoms with van der Waals surface area (Å²) < 4.78 is 7.00. The van der Waals surface area contributed by atoms with Gasteiger partial charge in [0.25, 0.3) is 0 Å². The standard InChI is InChI=1S/C14H11N3O3/c1-17-7-6-15-13(17)10-5-3-2-4-9(10)12-8-11(14(18)19)16-20-12/h2-8H,1H3,(H,18,19). The van der Waals surface area contributed by atoms with E-state index in [9.17, 15) is 4.79 Å². The average molecular weight is 269 g/mol. The number of nitrogens with zero attached hydrogens (tertiary/aromatic N) is 3. The van der Waals surface area contributed by atoms with Gasteiger partial charge < -0.3 is 14.2 Å². The summed E-state index contributed by atoms with van der Waals surface area (Å²) in [5.74, 6) is 0.0596. The normalized spacial score (nSPS) is 10.7. The van der Waals surface area contributed by atoms with Crippen molar-refractivity contribution < 1.29 is 14.4 Å². The first kappa shape index (κ1) is 12.2. The Balaban J connectivity index is 2.14. The van der Waals surface area contributed by atoms with E-state index in [0.717, 1.165) is 17.0 Å². The van der Waals surface area contributed by atoms with E-state index in [4.69, 9.17) is 9.63 Å². The van der Waals surface area contributed by atoms with Crippen molar-refractivity contribution in [1.29, 1.82) is 0 Å². The Hall–Kier alpha value is -2.89. The second-order valence-corrected chi connectivity index (χ2v) is 4.29. The first-order chi connectivity index (χ1) is 9.66. The van der Waals surface area contributed by atoms with Crippen LogP contribution in [0.15, 0.2) is 47.2 Å². The van der Waals surface area contributed by atoms with E-state index in [-0.39, 0.29) is 5.69 Å². The molecule has 0 saturated carbocycles. The summed E-state index contributed by atoms with van der Waals surface area (Å²) in [4.78, 5) is 15.2. The molecule has 0 saturated heterocycles. The van der Waals surface area contributed by atoms with Crippen molar-refractivity contribution in [2.75, 3.05) is 0 Å². The molecule has 0 unspecified atom stereocenters. The van der Waals surface area contributed by atoms with Crippen LogP contribution in [0.5, 0.6) is 0 Å². The number of aromatic carboxylic acids is 1. The van der Waals surface area contributed by atoms with Crippen molar-refractivity contribution in [1.82, 2.24) is 14.7 Å². The summed E-state index contributed by atoms with van der Waals surface area (Å²) in [7, 11) is 1.89. The lowest BCUT2D eigenvalue weighted by molar-refractivity contribution is 0.0686. The Labute approximate surface area is 114 Å². The molecule has 100 valence electrons. The fraction of sp³-hybridized carbons (Fsp3) is 0.0714. The molecule has 3 aromatic rings. The highest BCUT2D eigenvalue weighted by atomic mass is 16.5. The van der Waals surface area contributed by atoms with Crippen molar-refractivity contribution in [2.24, 2.45) is 7.05 Å². The van der Waals surface area contributed by atoms with Gasteiger partial charge in [-0.2, -0.15) is 0 Å². The molecule has 3 rings (SSSR count). The topological polar surface area (TPSA) is 81.2 Å². The van der Waals surface area contributed by atoms with Gasteiger partial charge in [-0.25, -0.2) is 9.78 Å². The van der Waals surface area contributed by atoms with E-state index in [1.165, 1.54) is 6.07 Å². The average Bonchev–Trinajstić information content (AvgIpc) is 3.07. The van der Waals surface area contributed by atoms with E-state index in [0.29, 0.717) is 5.76 Å². The Bertz CT molecular complexity index is 773. The third-order valence-electron chi connectivity index (χ3n) is 2.98. The number of aromatic nitrogens is 3. The number of benzene rings is 1. The smallest absolute Gasteiger partial charge is 0.358 e. The summed E-state index contributed by atoms with van der Waals surface area (Å²) in [6, 6.07) is 8.90. The molecule has 0 aliphatic rings. The number of hydrogen-bond donors (Lipinski definition) is 1. The second kappa shape index (κ2) is 4.65. The molecule has 6 nitrogen and oxygen atoms in total. The van der Waals surface area contributed by atoms with E-state index < -0.39 is 5.97 Å². The van der Waals surface area contributed by atoms with Crippen molar-refractivity contribution >= 4 is 5.97 Å². The van der Waals surface area contributed by atoms with Crippen LogP contribution in [-0.2, 0) is 7.05 Å². The highest BCUT2D eigenvalue weighted by molar-refractivity contribution is 5.87. The van der Waals surface area contributed by atoms with E-state index >= 15 is 0 Å². The number of carboxylic acid groups (broad SMARTS) is 1. The van der Waals surface area contributed by atoms with Crippen LogP contribution in [0, 0.1) is 0 Å². The van der Waals surface area contributed by atoms with Crippen LogP contribution >= 0.6 is 0 Å². The lowest BCUT2D eigenvalue weighted by Crippen LogP contribution is -1.95. The fourth-order valence-corrected chi connectivity index (χ4v) is 2.02. The van der Waals surface area contributed by atoms with Gasteiger partial charge in [-0.05, 0) is 0 Å². The van der Waals surface area contributed by atoms with Crippen LogP contribution < -0.4 is 0 Å². The third kappa shape index (κ3) is 1.97. The summed E-state index contributed by atoms with van der Waals surface area (Å²) in [5, 5.41) is 12.4. The fourth-order valence-electron chi connectivity index (χ4n) is 2.02. The largest absolute Gasteiger partial charge is 0.476 e. The Kier molecular flexibility index (Phi) is 2.83. The van der Waals surface area contributed by atoms with Crippen molar-refractivity contribution in [2.45, 2.75) is 0 Å². The van der Waals surface area contributed by atoms with Gasteiger partial charge >= 0.3 is 5.97 Å². The molecule has 0 aliphatic heterocycles. The van der Waals surface area contributed by atoms with Crippen LogP contribution in [0.2, 0.25) is 0 Å². The molecule has 1 aromatic carbocycles. The first-order valence-electron chi connectivity index (χ1n) is 5.94. The molecule has 6 heteroatoms. The minimum absolute atomic E-state index is 0.116. The third-order valence-corrected chi connectivity index (χ3v) is 2.98. The van der Waals surface area contributed by atoms with E-state index in [1.54, 1.807) is 6.20 Å². The van der Waals surface area contributed by atoms with Gasteiger partial charge in [0.1, 0.15) is 5.82 Å². The molecule has 0 aliphatic carbocycles. The van der Waals surface area contributed by atoms with Gasteiger partial charge in [-0.3, -0.25) is 0 Å². The van der Waals surface area contributed by atoms with E-state index in [2.05, 4.69) is 10.1 Å². The molecule has 0 spiro atoms. The Morgan fingerprint density at radius 2 is 2.05 bits per heavy atom. The van der Waals surface area contributed by atoms with Gasteiger partial charge in [0.15, 0.2) is 11.5 Å². The highest BCUT2D eigenvalue weighted by Gasteiger charge is 2.16. The van der Waals surface area contributed by atoms with Crippen LogP contribution in [-0.4, -0.2) is 25.8 Å². The number of carboxylic acids is 1. The maximum atomic E-state index is 10.9. The van der Waals surface area contributed by atoms with Gasteiger partial charge in [0.05, 0.1) is 0 Å². The van der Waals surface area contributed by atoms with Crippen LogP contribution in [0.1, 0.15) is 10.5 Å². The minimum atomic E-state index is -1.12. The number of carbonyl (C=O) groups is 1. The summed E-state index contributed by atoms with van der Waals surface area (Å²) in [6.07, 6.45) is 3.55. The summed E-state index contributed by atoms with van der Waals surface area (Å²) in [5.41, 5.74) is 1.49. The Morgan fingerprint density at radius 3 is 2.65 bits per heavy atom. The highest BCUT2D eigenvalue weighted by Crippen LogP contribution is 2.31. The predicted octanol–water partition coefficient (Wildman–Crippen LogP) is 2.44. The summed E-state index contributed by atoms with van der Waals surface area (Å²) in [6.45, 7) is 0. The number of rotatable bonds is 3. The first-order valence-corrected chi connectivity index (χ1v) is 5.94. The maximum absolute atomic E-state index is 10.9. The lowest BCUT2D eigenvalue weighted by atomic mass is 10.0. The second-order valence-electron chi connectivity index (χ2n) is 4.29. The molecule has 0 fully saturated rings. The van der Waals surface area contributed by atoms with E-state index in [1.807, 2.05) is 42.1 Å².